The van der Waals surface area contributed by atoms with Crippen LogP contribution in [0.1, 0.15) is 38.8 Å². The number of rotatable bonds is 6. The molecule has 0 spiro atoms. The third-order valence-electron chi connectivity index (χ3n) is 3.29. The molecule has 3 unspecified atom stereocenters. The van der Waals surface area contributed by atoms with E-state index < -0.39 is 0 Å². The summed E-state index contributed by atoms with van der Waals surface area (Å²) >= 11 is 0. The van der Waals surface area contributed by atoms with Gasteiger partial charge in [-0.15, -0.1) is 0 Å². The van der Waals surface area contributed by atoms with Crippen molar-refractivity contribution < 1.29 is 5.11 Å². The van der Waals surface area contributed by atoms with E-state index in [0.29, 0.717) is 5.92 Å². The monoisotopic (exact) mass is 221 g/mol. The van der Waals surface area contributed by atoms with Crippen LogP contribution in [0.4, 0.5) is 0 Å². The van der Waals surface area contributed by atoms with E-state index in [1.165, 1.54) is 5.56 Å². The Labute approximate surface area is 98.7 Å². The molecule has 3 atom stereocenters. The summed E-state index contributed by atoms with van der Waals surface area (Å²) in [5, 5.41) is 12.8. The fourth-order valence-corrected chi connectivity index (χ4v) is 1.84. The van der Waals surface area contributed by atoms with Gasteiger partial charge in [0.15, 0.2) is 0 Å². The van der Waals surface area contributed by atoms with E-state index in [2.05, 4.69) is 38.2 Å². The van der Waals surface area contributed by atoms with E-state index in [-0.39, 0.29) is 18.7 Å². The molecule has 0 heterocycles. The van der Waals surface area contributed by atoms with Gasteiger partial charge < -0.3 is 10.4 Å². The largest absolute Gasteiger partial charge is 0.395 e. The lowest BCUT2D eigenvalue weighted by molar-refractivity contribution is 0.192. The minimum absolute atomic E-state index is 0.181. The molecule has 0 saturated carbocycles. The van der Waals surface area contributed by atoms with E-state index in [1.54, 1.807) is 0 Å². The van der Waals surface area contributed by atoms with Crippen LogP contribution < -0.4 is 5.32 Å². The molecule has 90 valence electrons. The van der Waals surface area contributed by atoms with Crippen LogP contribution >= 0.6 is 0 Å². The SMILES string of the molecule is CCC(C)C(CO)NC(C)c1ccccc1. The molecule has 0 bridgehead atoms. The zero-order valence-corrected chi connectivity index (χ0v) is 10.5. The Bertz CT molecular complexity index is 286. The number of aliphatic hydroxyl groups excluding tert-OH is 1. The number of hydrogen-bond acceptors (Lipinski definition) is 2. The van der Waals surface area contributed by atoms with E-state index in [0.717, 1.165) is 6.42 Å². The molecule has 2 N–H and O–H groups in total. The lowest BCUT2D eigenvalue weighted by Gasteiger charge is -2.26. The van der Waals surface area contributed by atoms with E-state index in [4.69, 9.17) is 0 Å². The Balaban J connectivity index is 2.59. The maximum atomic E-state index is 9.36. The van der Waals surface area contributed by atoms with Gasteiger partial charge in [0.05, 0.1) is 6.61 Å². The molecule has 16 heavy (non-hydrogen) atoms. The highest BCUT2D eigenvalue weighted by molar-refractivity contribution is 5.18. The van der Waals surface area contributed by atoms with Crippen LogP contribution in [0.15, 0.2) is 30.3 Å². The van der Waals surface area contributed by atoms with Gasteiger partial charge in [-0.2, -0.15) is 0 Å². The molecule has 0 aliphatic rings. The van der Waals surface area contributed by atoms with Crippen LogP contribution in [0.3, 0.4) is 0 Å². The van der Waals surface area contributed by atoms with Gasteiger partial charge in [0, 0.05) is 12.1 Å². The zero-order valence-electron chi connectivity index (χ0n) is 10.5. The maximum Gasteiger partial charge on any atom is 0.0587 e. The molecule has 0 radical (unpaired) electrons. The summed E-state index contributed by atoms with van der Waals surface area (Å²) in [6, 6.07) is 10.8. The van der Waals surface area contributed by atoms with Crippen molar-refractivity contribution in [1.29, 1.82) is 0 Å². The van der Waals surface area contributed by atoms with Crippen LogP contribution in [-0.2, 0) is 0 Å². The minimum Gasteiger partial charge on any atom is -0.395 e. The predicted molar refractivity (Wildman–Crippen MR) is 68.3 cm³/mol. The van der Waals surface area contributed by atoms with Gasteiger partial charge >= 0.3 is 0 Å². The molecular weight excluding hydrogens is 198 g/mol. The van der Waals surface area contributed by atoms with Crippen LogP contribution in [0.2, 0.25) is 0 Å². The van der Waals surface area contributed by atoms with Crippen molar-refractivity contribution in [2.24, 2.45) is 5.92 Å². The molecule has 0 saturated heterocycles. The standard InChI is InChI=1S/C14H23NO/c1-4-11(2)14(10-16)15-12(3)13-8-6-5-7-9-13/h5-9,11-12,14-16H,4,10H2,1-3H3. The van der Waals surface area contributed by atoms with Crippen molar-refractivity contribution in [3.05, 3.63) is 35.9 Å². The summed E-state index contributed by atoms with van der Waals surface area (Å²) in [7, 11) is 0. The topological polar surface area (TPSA) is 32.3 Å². The lowest BCUT2D eigenvalue weighted by atomic mass is 9.98. The van der Waals surface area contributed by atoms with Crippen molar-refractivity contribution in [2.45, 2.75) is 39.3 Å². The molecule has 0 amide bonds. The highest BCUT2D eigenvalue weighted by Gasteiger charge is 2.17. The first-order chi connectivity index (χ1) is 7.69. The molecular formula is C14H23NO. The number of aliphatic hydroxyl groups is 1. The molecule has 0 fully saturated rings. The summed E-state index contributed by atoms with van der Waals surface area (Å²) in [4.78, 5) is 0. The normalized spacial score (nSPS) is 16.8. The Morgan fingerprint density at radius 1 is 1.19 bits per heavy atom. The van der Waals surface area contributed by atoms with Gasteiger partial charge in [-0.1, -0.05) is 50.6 Å². The van der Waals surface area contributed by atoms with Gasteiger partial charge in [0.2, 0.25) is 0 Å². The quantitative estimate of drug-likeness (QED) is 0.774. The average molecular weight is 221 g/mol. The second kappa shape index (κ2) is 6.66. The molecule has 0 aliphatic carbocycles. The van der Waals surface area contributed by atoms with Crippen LogP contribution in [0.5, 0.6) is 0 Å². The Kier molecular flexibility index (Phi) is 5.50. The molecule has 1 aromatic rings. The third kappa shape index (κ3) is 3.62. The highest BCUT2D eigenvalue weighted by atomic mass is 16.3. The summed E-state index contributed by atoms with van der Waals surface area (Å²) < 4.78 is 0. The van der Waals surface area contributed by atoms with E-state index in [1.807, 2.05) is 18.2 Å². The lowest BCUT2D eigenvalue weighted by Crippen LogP contribution is -2.39. The smallest absolute Gasteiger partial charge is 0.0587 e. The molecule has 2 heteroatoms. The summed E-state index contributed by atoms with van der Waals surface area (Å²) in [5.74, 6) is 0.496. The highest BCUT2D eigenvalue weighted by Crippen LogP contribution is 2.15. The number of nitrogens with one attached hydrogen (secondary N) is 1. The van der Waals surface area contributed by atoms with Gasteiger partial charge in [-0.3, -0.25) is 0 Å². The third-order valence-corrected chi connectivity index (χ3v) is 3.29. The fourth-order valence-electron chi connectivity index (χ4n) is 1.84. The number of benzene rings is 1. The Hall–Kier alpha value is -0.860. The van der Waals surface area contributed by atoms with Crippen molar-refractivity contribution in [1.82, 2.24) is 5.32 Å². The van der Waals surface area contributed by atoms with Crippen molar-refractivity contribution in [2.75, 3.05) is 6.61 Å². The van der Waals surface area contributed by atoms with Gasteiger partial charge in [-0.05, 0) is 18.4 Å². The molecule has 2 nitrogen and oxygen atoms in total. The summed E-state index contributed by atoms with van der Waals surface area (Å²) in [6.45, 7) is 6.67. The van der Waals surface area contributed by atoms with Crippen molar-refractivity contribution >= 4 is 0 Å². The van der Waals surface area contributed by atoms with Crippen LogP contribution in [0.25, 0.3) is 0 Å². The average Bonchev–Trinajstić information content (AvgIpc) is 2.35. The van der Waals surface area contributed by atoms with Crippen molar-refractivity contribution in [3.63, 3.8) is 0 Å². The first-order valence-electron chi connectivity index (χ1n) is 6.10. The van der Waals surface area contributed by atoms with Crippen LogP contribution in [0, 0.1) is 5.92 Å². The molecule has 1 aromatic carbocycles. The summed E-state index contributed by atoms with van der Waals surface area (Å²) in [6.07, 6.45) is 1.08. The maximum absolute atomic E-state index is 9.36. The molecule has 0 aromatic heterocycles. The molecule has 1 rings (SSSR count). The second-order valence-electron chi connectivity index (χ2n) is 4.47. The molecule has 0 aliphatic heterocycles. The Morgan fingerprint density at radius 3 is 2.31 bits per heavy atom. The van der Waals surface area contributed by atoms with Crippen molar-refractivity contribution in [3.8, 4) is 0 Å². The van der Waals surface area contributed by atoms with E-state index >= 15 is 0 Å². The Morgan fingerprint density at radius 2 is 1.81 bits per heavy atom. The van der Waals surface area contributed by atoms with Crippen LogP contribution in [-0.4, -0.2) is 17.8 Å². The van der Waals surface area contributed by atoms with Gasteiger partial charge in [0.25, 0.3) is 0 Å². The van der Waals surface area contributed by atoms with Gasteiger partial charge in [0.1, 0.15) is 0 Å². The minimum atomic E-state index is 0.181. The first kappa shape index (κ1) is 13.2. The first-order valence-corrected chi connectivity index (χ1v) is 6.10. The van der Waals surface area contributed by atoms with E-state index in [9.17, 15) is 5.11 Å². The fraction of sp³-hybridized carbons (Fsp3) is 0.571. The summed E-state index contributed by atoms with van der Waals surface area (Å²) in [5.41, 5.74) is 1.27. The second-order valence-corrected chi connectivity index (χ2v) is 4.47. The predicted octanol–water partition coefficient (Wildman–Crippen LogP) is 2.74. The van der Waals surface area contributed by atoms with Gasteiger partial charge in [-0.25, -0.2) is 0 Å². The zero-order chi connectivity index (χ0) is 12.0. The number of hydrogen-bond donors (Lipinski definition) is 2.